The fourth-order valence-corrected chi connectivity index (χ4v) is 12.6. The summed E-state index contributed by atoms with van der Waals surface area (Å²) >= 11 is 0. The van der Waals surface area contributed by atoms with E-state index in [1.165, 1.54) is 21.2 Å². The van der Waals surface area contributed by atoms with Crippen molar-refractivity contribution in [1.29, 1.82) is 0 Å². The molecule has 0 unspecified atom stereocenters. The van der Waals surface area contributed by atoms with E-state index in [-0.39, 0.29) is 23.9 Å². The smallest absolute Gasteiger partial charge is 0.252 e. The van der Waals surface area contributed by atoms with E-state index in [1.54, 1.807) is 0 Å². The van der Waals surface area contributed by atoms with Gasteiger partial charge >= 0.3 is 0 Å². The van der Waals surface area contributed by atoms with E-state index in [0.717, 1.165) is 47.1 Å². The van der Waals surface area contributed by atoms with Gasteiger partial charge in [-0.15, -0.1) is 0 Å². The molecule has 7 aromatic rings. The predicted octanol–water partition coefficient (Wildman–Crippen LogP) is 7.83. The Hall–Kier alpha value is -5.40. The van der Waals surface area contributed by atoms with Crippen LogP contribution in [0.4, 0.5) is 0 Å². The first-order chi connectivity index (χ1) is 26.7. The highest BCUT2D eigenvalue weighted by Gasteiger charge is 2.32. The molecule has 1 aliphatic carbocycles. The van der Waals surface area contributed by atoms with Crippen molar-refractivity contribution in [3.8, 4) is 0 Å². The summed E-state index contributed by atoms with van der Waals surface area (Å²) in [5.74, 6) is -0.192. The monoisotopic (exact) mass is 740 g/mol. The minimum Gasteiger partial charge on any atom is -0.347 e. The van der Waals surface area contributed by atoms with Crippen molar-refractivity contribution in [2.24, 2.45) is 0 Å². The maximum atomic E-state index is 14.9. The van der Waals surface area contributed by atoms with Crippen molar-refractivity contribution < 1.29 is 9.59 Å². The van der Waals surface area contributed by atoms with Crippen LogP contribution in [0.1, 0.15) is 46.4 Å². The first kappa shape index (κ1) is 35.6. The normalized spacial score (nSPS) is 15.6. The van der Waals surface area contributed by atoms with Gasteiger partial charge in [0.2, 0.25) is 0 Å². The second-order valence-corrected chi connectivity index (χ2v) is 18.0. The van der Waals surface area contributed by atoms with Gasteiger partial charge in [0, 0.05) is 17.6 Å². The molecule has 0 bridgehead atoms. The van der Waals surface area contributed by atoms with Gasteiger partial charge in [-0.25, -0.2) is 0 Å². The fraction of sp³-hybridized carbons (Fsp3) is 0.125. The van der Waals surface area contributed by atoms with E-state index in [1.807, 2.05) is 54.6 Å². The lowest BCUT2D eigenvalue weighted by Gasteiger charge is -2.34. The number of benzene rings is 7. The third-order valence-corrected chi connectivity index (χ3v) is 15.2. The van der Waals surface area contributed by atoms with Gasteiger partial charge in [0.15, 0.2) is 0 Å². The summed E-state index contributed by atoms with van der Waals surface area (Å²) in [6.07, 6.45) is 3.58. The molecule has 0 saturated heterocycles. The highest BCUT2D eigenvalue weighted by molar-refractivity contribution is 7.80. The average Bonchev–Trinajstić information content (AvgIpc) is 3.23. The molecule has 0 aromatic heterocycles. The Balaban J connectivity index is 1.12. The molecule has 1 fully saturated rings. The lowest BCUT2D eigenvalue weighted by molar-refractivity contribution is 0.0865. The topological polar surface area (TPSA) is 58.2 Å². The van der Waals surface area contributed by atoms with Crippen molar-refractivity contribution in [2.75, 3.05) is 0 Å². The molecule has 0 aliphatic heterocycles. The van der Waals surface area contributed by atoms with E-state index >= 15 is 0 Å². The van der Waals surface area contributed by atoms with E-state index < -0.39 is 15.8 Å². The van der Waals surface area contributed by atoms with Crippen LogP contribution in [0.3, 0.4) is 0 Å². The highest BCUT2D eigenvalue weighted by atomic mass is 31.1. The van der Waals surface area contributed by atoms with Crippen LogP contribution in [0, 0.1) is 0 Å². The van der Waals surface area contributed by atoms with Crippen molar-refractivity contribution in [2.45, 2.75) is 37.8 Å². The molecular formula is C48H42N2O2P2. The van der Waals surface area contributed by atoms with Crippen LogP contribution < -0.4 is 42.5 Å². The SMILES string of the molecule is O=C(N[C@@H]1CCCC[C@H]1NC(=O)c1c(P(c2ccccc2)c2ccccc2)ccc2ccccc12)c1ccccc1P(c1ccccc1)c1ccccc1. The summed E-state index contributed by atoms with van der Waals surface area (Å²) in [5, 5.41) is 15.7. The molecular weight excluding hydrogens is 698 g/mol. The molecule has 1 aliphatic rings. The predicted molar refractivity (Wildman–Crippen MR) is 229 cm³/mol. The van der Waals surface area contributed by atoms with Gasteiger partial charge in [-0.3, -0.25) is 9.59 Å². The van der Waals surface area contributed by atoms with Crippen LogP contribution >= 0.6 is 15.8 Å². The zero-order chi connectivity index (χ0) is 36.7. The van der Waals surface area contributed by atoms with Crippen LogP contribution in [0.5, 0.6) is 0 Å². The first-order valence-corrected chi connectivity index (χ1v) is 21.4. The Bertz CT molecular complexity index is 2280. The maximum absolute atomic E-state index is 14.9. The van der Waals surface area contributed by atoms with Crippen LogP contribution in [0.2, 0.25) is 0 Å². The number of rotatable bonds is 10. The molecule has 4 nitrogen and oxygen atoms in total. The van der Waals surface area contributed by atoms with E-state index in [0.29, 0.717) is 11.1 Å². The Morgan fingerprint density at radius 2 is 0.852 bits per heavy atom. The van der Waals surface area contributed by atoms with Gasteiger partial charge in [-0.05, 0) is 77.4 Å². The summed E-state index contributed by atoms with van der Waals surface area (Å²) in [5.41, 5.74) is 1.39. The maximum Gasteiger partial charge on any atom is 0.252 e. The number of carbonyl (C=O) groups is 2. The van der Waals surface area contributed by atoms with E-state index in [4.69, 9.17) is 0 Å². The standard InChI is InChI=1S/C48H42N2O2P2/c51-47(41-29-15-18-32-44(41)53(36-20-5-1-6-21-36)37-22-7-2-8-23-37)49-42-30-16-17-31-43(42)50-48(52)46-40-28-14-13-19-35(40)33-34-45(46)54(38-24-9-3-10-25-38)39-26-11-4-12-27-39/h1-15,18-29,32-34,42-43H,16-17,30-31H2,(H,49,51)(H,50,52)/t42-,43-/m1/s1. The van der Waals surface area contributed by atoms with Crippen molar-refractivity contribution in [3.05, 3.63) is 193 Å². The fourth-order valence-electron chi connectivity index (χ4n) is 7.67. The molecule has 2 amide bonds. The van der Waals surface area contributed by atoms with Crippen LogP contribution in [-0.2, 0) is 0 Å². The van der Waals surface area contributed by atoms with Gasteiger partial charge in [-0.2, -0.15) is 0 Å². The van der Waals surface area contributed by atoms with Gasteiger partial charge < -0.3 is 10.6 Å². The molecule has 2 N–H and O–H groups in total. The van der Waals surface area contributed by atoms with Crippen molar-refractivity contribution in [1.82, 2.24) is 10.6 Å². The second kappa shape index (κ2) is 16.7. The van der Waals surface area contributed by atoms with Crippen molar-refractivity contribution in [3.63, 3.8) is 0 Å². The molecule has 266 valence electrons. The summed E-state index contributed by atoms with van der Waals surface area (Å²) in [4.78, 5) is 29.3. The highest BCUT2D eigenvalue weighted by Crippen LogP contribution is 2.37. The number of amides is 2. The molecule has 0 heterocycles. The Morgan fingerprint density at radius 3 is 1.39 bits per heavy atom. The average molecular weight is 741 g/mol. The molecule has 0 spiro atoms. The molecule has 6 heteroatoms. The summed E-state index contributed by atoms with van der Waals surface area (Å²) < 4.78 is 0. The third-order valence-electron chi connectivity index (χ3n) is 10.2. The molecule has 2 atom stereocenters. The summed E-state index contributed by atoms with van der Waals surface area (Å²) in [6.45, 7) is 0. The molecule has 7 aromatic carbocycles. The minimum atomic E-state index is -1.03. The second-order valence-electron chi connectivity index (χ2n) is 13.7. The third kappa shape index (κ3) is 7.64. The van der Waals surface area contributed by atoms with E-state index in [2.05, 4.69) is 138 Å². The van der Waals surface area contributed by atoms with Gasteiger partial charge in [0.25, 0.3) is 11.8 Å². The Labute approximate surface area is 320 Å². The molecule has 0 radical (unpaired) electrons. The Kier molecular flexibility index (Phi) is 11.0. The number of hydrogen-bond donors (Lipinski definition) is 2. The first-order valence-electron chi connectivity index (χ1n) is 18.7. The lowest BCUT2D eigenvalue weighted by Crippen LogP contribution is -2.54. The molecule has 1 saturated carbocycles. The minimum absolute atomic E-state index is 0.0932. The van der Waals surface area contributed by atoms with Gasteiger partial charge in [-0.1, -0.05) is 189 Å². The molecule has 8 rings (SSSR count). The molecule has 54 heavy (non-hydrogen) atoms. The van der Waals surface area contributed by atoms with Crippen LogP contribution in [0.15, 0.2) is 182 Å². The number of hydrogen-bond acceptors (Lipinski definition) is 2. The number of fused-ring (bicyclic) bond motifs is 1. The quantitative estimate of drug-likeness (QED) is 0.141. The number of carbonyl (C=O) groups excluding carboxylic acids is 2. The zero-order valence-corrected chi connectivity index (χ0v) is 31.8. The zero-order valence-electron chi connectivity index (χ0n) is 30.0. The lowest BCUT2D eigenvalue weighted by atomic mass is 9.89. The van der Waals surface area contributed by atoms with Crippen molar-refractivity contribution >= 4 is 70.3 Å². The van der Waals surface area contributed by atoms with E-state index in [9.17, 15) is 9.59 Å². The van der Waals surface area contributed by atoms with Crippen LogP contribution in [0.25, 0.3) is 10.8 Å². The van der Waals surface area contributed by atoms with Gasteiger partial charge in [0.05, 0.1) is 5.56 Å². The summed E-state index contributed by atoms with van der Waals surface area (Å²) in [6, 6.07) is 62.1. The number of nitrogens with one attached hydrogen (secondary N) is 2. The Morgan fingerprint density at radius 1 is 0.426 bits per heavy atom. The summed E-state index contributed by atoms with van der Waals surface area (Å²) in [7, 11) is -2.00. The van der Waals surface area contributed by atoms with Gasteiger partial charge in [0.1, 0.15) is 0 Å². The largest absolute Gasteiger partial charge is 0.347 e. The van der Waals surface area contributed by atoms with Crippen LogP contribution in [-0.4, -0.2) is 23.9 Å².